The maximum absolute atomic E-state index is 13.9. The van der Waals surface area contributed by atoms with E-state index in [0.29, 0.717) is 37.2 Å². The van der Waals surface area contributed by atoms with Crippen LogP contribution >= 0.6 is 11.8 Å². The molecule has 3 N–H and O–H groups in total. The first-order valence-electron chi connectivity index (χ1n) is 7.39. The predicted molar refractivity (Wildman–Crippen MR) is 87.8 cm³/mol. The Balaban J connectivity index is 1.78. The molecule has 0 aliphatic carbocycles. The van der Waals surface area contributed by atoms with Gasteiger partial charge in [0.05, 0.1) is 5.56 Å². The molecule has 7 heteroatoms. The van der Waals surface area contributed by atoms with Gasteiger partial charge in [0, 0.05) is 31.6 Å². The molecule has 1 aromatic rings. The van der Waals surface area contributed by atoms with Crippen molar-refractivity contribution in [2.24, 2.45) is 10.7 Å². The highest BCUT2D eigenvalue weighted by molar-refractivity contribution is 8.13. The molecule has 1 saturated heterocycles. The van der Waals surface area contributed by atoms with Crippen molar-refractivity contribution in [3.8, 4) is 0 Å². The van der Waals surface area contributed by atoms with E-state index in [1.807, 2.05) is 17.9 Å². The fraction of sp³-hybridized carbons (Fsp3) is 0.467. The monoisotopic (exact) mass is 322 g/mol. The van der Waals surface area contributed by atoms with Crippen LogP contribution in [0.3, 0.4) is 0 Å². The fourth-order valence-corrected chi connectivity index (χ4v) is 3.58. The van der Waals surface area contributed by atoms with Gasteiger partial charge in [-0.25, -0.2) is 9.38 Å². The molecule has 1 spiro atoms. The van der Waals surface area contributed by atoms with E-state index in [0.717, 1.165) is 5.75 Å². The SMILES string of the molecule is CCSC(=O)N1CCC2(CC1)N=C(N)c1c(F)cccc1N2. The molecule has 0 radical (unpaired) electrons. The number of piperidine rings is 1. The van der Waals surface area contributed by atoms with Crippen molar-refractivity contribution < 1.29 is 9.18 Å². The smallest absolute Gasteiger partial charge is 0.281 e. The third-order valence-corrected chi connectivity index (χ3v) is 4.88. The lowest BCUT2D eigenvalue weighted by Crippen LogP contribution is -2.51. The molecule has 1 aromatic carbocycles. The topological polar surface area (TPSA) is 70.7 Å². The molecule has 1 fully saturated rings. The van der Waals surface area contributed by atoms with Gasteiger partial charge >= 0.3 is 0 Å². The van der Waals surface area contributed by atoms with E-state index in [1.54, 1.807) is 6.07 Å². The second kappa shape index (κ2) is 5.79. The van der Waals surface area contributed by atoms with Crippen LogP contribution in [-0.4, -0.2) is 40.5 Å². The number of anilines is 1. The number of carbonyl (C=O) groups excluding carboxylic acids is 1. The van der Waals surface area contributed by atoms with Crippen LogP contribution in [-0.2, 0) is 0 Å². The molecule has 118 valence electrons. The summed E-state index contributed by atoms with van der Waals surface area (Å²) >= 11 is 1.32. The summed E-state index contributed by atoms with van der Waals surface area (Å²) in [5.41, 5.74) is 6.47. The Morgan fingerprint density at radius 3 is 2.91 bits per heavy atom. The van der Waals surface area contributed by atoms with Crippen LogP contribution in [0.4, 0.5) is 14.9 Å². The average Bonchev–Trinajstić information content (AvgIpc) is 2.47. The van der Waals surface area contributed by atoms with Crippen LogP contribution in [0.1, 0.15) is 25.3 Å². The standard InChI is InChI=1S/C15H19FN4OS/c1-2-22-14(21)20-8-6-15(7-9-20)18-11-5-3-4-10(16)12(11)13(17)19-15/h3-5,18H,2,6-9H2,1H3,(H2,17,19). The van der Waals surface area contributed by atoms with Crippen LogP contribution in [0, 0.1) is 5.82 Å². The Hall–Kier alpha value is -1.76. The highest BCUT2D eigenvalue weighted by Gasteiger charge is 2.39. The number of carbonyl (C=O) groups is 1. The number of nitrogens with one attached hydrogen (secondary N) is 1. The number of thioether (sulfide) groups is 1. The molecular weight excluding hydrogens is 303 g/mol. The Morgan fingerprint density at radius 1 is 1.50 bits per heavy atom. The number of amides is 1. The molecule has 1 amide bonds. The van der Waals surface area contributed by atoms with Gasteiger partial charge < -0.3 is 16.0 Å². The molecule has 0 aromatic heterocycles. The number of fused-ring (bicyclic) bond motifs is 1. The van der Waals surface area contributed by atoms with E-state index >= 15 is 0 Å². The van der Waals surface area contributed by atoms with E-state index in [2.05, 4.69) is 10.3 Å². The quantitative estimate of drug-likeness (QED) is 0.834. The Morgan fingerprint density at radius 2 is 2.23 bits per heavy atom. The lowest BCUT2D eigenvalue weighted by atomic mass is 9.94. The van der Waals surface area contributed by atoms with Gasteiger partial charge in [0.25, 0.3) is 5.24 Å². The Labute approximate surface area is 133 Å². The predicted octanol–water partition coefficient (Wildman–Crippen LogP) is 2.62. The summed E-state index contributed by atoms with van der Waals surface area (Å²) in [5, 5.41) is 3.43. The molecule has 3 rings (SSSR count). The van der Waals surface area contributed by atoms with Crippen molar-refractivity contribution in [1.29, 1.82) is 0 Å². The second-order valence-electron chi connectivity index (χ2n) is 5.50. The fourth-order valence-electron chi connectivity index (χ4n) is 2.96. The Kier molecular flexibility index (Phi) is 3.99. The minimum absolute atomic E-state index is 0.108. The molecule has 0 bridgehead atoms. The number of rotatable bonds is 1. The number of amidine groups is 1. The van der Waals surface area contributed by atoms with Crippen LogP contribution in [0.15, 0.2) is 23.2 Å². The van der Waals surface area contributed by atoms with Gasteiger partial charge in [0.1, 0.15) is 17.3 Å². The maximum atomic E-state index is 13.9. The second-order valence-corrected chi connectivity index (χ2v) is 6.72. The first kappa shape index (κ1) is 15.1. The molecule has 22 heavy (non-hydrogen) atoms. The number of nitrogens with two attached hydrogens (primary N) is 1. The van der Waals surface area contributed by atoms with E-state index in [4.69, 9.17) is 5.73 Å². The first-order valence-corrected chi connectivity index (χ1v) is 8.37. The summed E-state index contributed by atoms with van der Waals surface area (Å²) in [4.78, 5) is 18.3. The molecule has 2 aliphatic rings. The van der Waals surface area contributed by atoms with Crippen LogP contribution < -0.4 is 11.1 Å². The van der Waals surface area contributed by atoms with Gasteiger partial charge in [-0.2, -0.15) is 0 Å². The van der Waals surface area contributed by atoms with E-state index in [1.165, 1.54) is 17.8 Å². The van der Waals surface area contributed by atoms with Crippen LogP contribution in [0.2, 0.25) is 0 Å². The maximum Gasteiger partial charge on any atom is 0.281 e. The van der Waals surface area contributed by atoms with Crippen molar-refractivity contribution >= 4 is 28.5 Å². The lowest BCUT2D eigenvalue weighted by molar-refractivity contribution is 0.188. The van der Waals surface area contributed by atoms with Crippen molar-refractivity contribution in [2.75, 3.05) is 24.2 Å². The first-order chi connectivity index (χ1) is 10.5. The van der Waals surface area contributed by atoms with Gasteiger partial charge in [0.15, 0.2) is 0 Å². The normalized spacial score (nSPS) is 19.4. The van der Waals surface area contributed by atoms with Crippen molar-refractivity contribution in [2.45, 2.75) is 25.4 Å². The number of likely N-dealkylation sites (tertiary alicyclic amines) is 1. The van der Waals surface area contributed by atoms with Crippen LogP contribution in [0.25, 0.3) is 0 Å². The van der Waals surface area contributed by atoms with E-state index in [-0.39, 0.29) is 16.9 Å². The molecule has 0 unspecified atom stereocenters. The number of hydrogen-bond donors (Lipinski definition) is 2. The summed E-state index contributed by atoms with van der Waals surface area (Å²) in [6, 6.07) is 4.85. The molecule has 0 atom stereocenters. The Bertz CT molecular complexity index is 626. The van der Waals surface area contributed by atoms with Crippen molar-refractivity contribution in [3.63, 3.8) is 0 Å². The van der Waals surface area contributed by atoms with Gasteiger partial charge in [-0.15, -0.1) is 0 Å². The molecule has 2 heterocycles. The summed E-state index contributed by atoms with van der Waals surface area (Å²) in [7, 11) is 0. The average molecular weight is 322 g/mol. The van der Waals surface area contributed by atoms with Gasteiger partial charge in [-0.05, 0) is 17.9 Å². The molecule has 2 aliphatic heterocycles. The third-order valence-electron chi connectivity index (χ3n) is 4.09. The number of aliphatic imine (C=N–C) groups is 1. The van der Waals surface area contributed by atoms with Gasteiger partial charge in [-0.3, -0.25) is 4.79 Å². The summed E-state index contributed by atoms with van der Waals surface area (Å²) < 4.78 is 13.9. The van der Waals surface area contributed by atoms with Crippen molar-refractivity contribution in [1.82, 2.24) is 4.90 Å². The molecular formula is C15H19FN4OS. The van der Waals surface area contributed by atoms with Crippen molar-refractivity contribution in [3.05, 3.63) is 29.6 Å². The third kappa shape index (κ3) is 2.65. The summed E-state index contributed by atoms with van der Waals surface area (Å²) in [6.07, 6.45) is 1.33. The number of benzene rings is 1. The molecule has 0 saturated carbocycles. The van der Waals surface area contributed by atoms with Gasteiger partial charge in [0.2, 0.25) is 0 Å². The zero-order valence-electron chi connectivity index (χ0n) is 12.4. The lowest BCUT2D eigenvalue weighted by Gasteiger charge is -2.42. The minimum Gasteiger partial charge on any atom is -0.383 e. The number of nitrogens with zero attached hydrogens (tertiary/aromatic N) is 2. The minimum atomic E-state index is -0.529. The van der Waals surface area contributed by atoms with Crippen LogP contribution in [0.5, 0.6) is 0 Å². The van der Waals surface area contributed by atoms with Gasteiger partial charge in [-0.1, -0.05) is 24.8 Å². The highest BCUT2D eigenvalue weighted by Crippen LogP contribution is 2.35. The van der Waals surface area contributed by atoms with E-state index in [9.17, 15) is 9.18 Å². The largest absolute Gasteiger partial charge is 0.383 e. The summed E-state index contributed by atoms with van der Waals surface area (Å²) in [5.74, 6) is 0.638. The number of hydrogen-bond acceptors (Lipinski definition) is 5. The van der Waals surface area contributed by atoms with E-state index < -0.39 is 5.66 Å². The molecule has 5 nitrogen and oxygen atoms in total. The number of halogens is 1. The summed E-state index contributed by atoms with van der Waals surface area (Å²) in [6.45, 7) is 3.22. The highest BCUT2D eigenvalue weighted by atomic mass is 32.2. The zero-order valence-corrected chi connectivity index (χ0v) is 13.3. The zero-order chi connectivity index (χ0) is 15.7.